The van der Waals surface area contributed by atoms with E-state index in [9.17, 15) is 14.0 Å². The predicted octanol–water partition coefficient (Wildman–Crippen LogP) is 2.71. The van der Waals surface area contributed by atoms with E-state index < -0.39 is 11.8 Å². The van der Waals surface area contributed by atoms with Gasteiger partial charge < -0.3 is 20.0 Å². The SMILES string of the molecule is O=C(NCc1ccccc1)C(=O)NC[C@@H](c1ccco1)N1CCN(c2ccccc2F)CC1. The van der Waals surface area contributed by atoms with Crippen LogP contribution in [0.25, 0.3) is 0 Å². The van der Waals surface area contributed by atoms with Gasteiger partial charge in [0.05, 0.1) is 18.0 Å². The number of para-hydroxylation sites is 1. The summed E-state index contributed by atoms with van der Waals surface area (Å²) < 4.78 is 19.8. The highest BCUT2D eigenvalue weighted by molar-refractivity contribution is 6.35. The average molecular weight is 451 g/mol. The van der Waals surface area contributed by atoms with Crippen molar-refractivity contribution in [3.05, 3.63) is 90.1 Å². The molecule has 2 amide bonds. The highest BCUT2D eigenvalue weighted by Crippen LogP contribution is 2.25. The molecule has 3 aromatic rings. The maximum atomic E-state index is 14.2. The van der Waals surface area contributed by atoms with Gasteiger partial charge in [-0.3, -0.25) is 14.5 Å². The number of halogens is 1. The molecule has 2 aromatic carbocycles. The van der Waals surface area contributed by atoms with Crippen molar-refractivity contribution >= 4 is 17.5 Å². The third-order valence-corrected chi connectivity index (χ3v) is 5.78. The first kappa shape index (κ1) is 22.5. The molecule has 1 saturated heterocycles. The number of nitrogens with zero attached hydrogens (tertiary/aromatic N) is 2. The van der Waals surface area contributed by atoms with Crippen LogP contribution >= 0.6 is 0 Å². The van der Waals surface area contributed by atoms with Crippen LogP contribution in [0.2, 0.25) is 0 Å². The van der Waals surface area contributed by atoms with Crippen molar-refractivity contribution in [2.75, 3.05) is 37.6 Å². The quantitative estimate of drug-likeness (QED) is 0.542. The minimum Gasteiger partial charge on any atom is -0.468 e. The van der Waals surface area contributed by atoms with Crippen LogP contribution in [-0.2, 0) is 16.1 Å². The summed E-state index contributed by atoms with van der Waals surface area (Å²) in [5.74, 6) is -0.893. The molecule has 2 heterocycles. The molecule has 1 atom stereocenters. The van der Waals surface area contributed by atoms with Crippen molar-refractivity contribution in [1.29, 1.82) is 0 Å². The first-order chi connectivity index (χ1) is 16.1. The van der Waals surface area contributed by atoms with E-state index in [2.05, 4.69) is 15.5 Å². The number of rotatable bonds is 7. The Morgan fingerprint density at radius 3 is 2.27 bits per heavy atom. The topological polar surface area (TPSA) is 77.8 Å². The number of hydrogen-bond acceptors (Lipinski definition) is 5. The molecule has 4 rings (SSSR count). The molecule has 1 aliphatic heterocycles. The average Bonchev–Trinajstić information content (AvgIpc) is 3.39. The number of furan rings is 1. The number of anilines is 1. The van der Waals surface area contributed by atoms with Crippen LogP contribution in [0.1, 0.15) is 17.4 Å². The summed E-state index contributed by atoms with van der Waals surface area (Å²) in [5, 5.41) is 5.37. The lowest BCUT2D eigenvalue weighted by Gasteiger charge is -2.39. The summed E-state index contributed by atoms with van der Waals surface area (Å²) in [5.41, 5.74) is 1.51. The normalized spacial score (nSPS) is 15.1. The van der Waals surface area contributed by atoms with E-state index in [4.69, 9.17) is 4.42 Å². The van der Waals surface area contributed by atoms with Crippen LogP contribution in [0.15, 0.2) is 77.4 Å². The molecule has 1 fully saturated rings. The maximum absolute atomic E-state index is 14.2. The lowest BCUT2D eigenvalue weighted by molar-refractivity contribution is -0.139. The standard InChI is InChI=1S/C25H27FN4O3/c26-20-9-4-5-10-21(20)29-12-14-30(15-13-29)22(23-11-6-16-33-23)18-28-25(32)24(31)27-17-19-7-2-1-3-8-19/h1-11,16,22H,12-15,17-18H2,(H,27,31)(H,28,32)/t22-/m0/s1. The highest BCUT2D eigenvalue weighted by atomic mass is 19.1. The van der Waals surface area contributed by atoms with E-state index in [0.717, 1.165) is 5.56 Å². The third kappa shape index (κ3) is 5.78. The molecule has 7 nitrogen and oxygen atoms in total. The summed E-state index contributed by atoms with van der Waals surface area (Å²) in [4.78, 5) is 28.8. The smallest absolute Gasteiger partial charge is 0.309 e. The molecule has 0 unspecified atom stereocenters. The first-order valence-electron chi connectivity index (χ1n) is 11.0. The Morgan fingerprint density at radius 2 is 1.58 bits per heavy atom. The zero-order chi connectivity index (χ0) is 23.0. The van der Waals surface area contributed by atoms with Gasteiger partial charge >= 0.3 is 11.8 Å². The molecular formula is C25H27FN4O3. The van der Waals surface area contributed by atoms with Gasteiger partial charge in [0.1, 0.15) is 11.6 Å². The fourth-order valence-corrected chi connectivity index (χ4v) is 4.00. The van der Waals surface area contributed by atoms with Crippen LogP contribution in [-0.4, -0.2) is 49.4 Å². The predicted molar refractivity (Wildman–Crippen MR) is 123 cm³/mol. The second-order valence-electron chi connectivity index (χ2n) is 7.88. The fraction of sp³-hybridized carbons (Fsp3) is 0.280. The summed E-state index contributed by atoms with van der Waals surface area (Å²) in [6.07, 6.45) is 1.59. The Hall–Kier alpha value is -3.65. The zero-order valence-electron chi connectivity index (χ0n) is 18.2. The van der Waals surface area contributed by atoms with Crippen molar-refractivity contribution in [2.45, 2.75) is 12.6 Å². The molecule has 33 heavy (non-hydrogen) atoms. The van der Waals surface area contributed by atoms with Gasteiger partial charge in [-0.1, -0.05) is 42.5 Å². The first-order valence-corrected chi connectivity index (χ1v) is 11.0. The molecule has 0 bridgehead atoms. The molecule has 0 aliphatic carbocycles. The Bertz CT molecular complexity index is 1050. The number of amides is 2. The lowest BCUT2D eigenvalue weighted by atomic mass is 10.1. The van der Waals surface area contributed by atoms with Crippen LogP contribution in [0, 0.1) is 5.82 Å². The number of nitrogens with one attached hydrogen (secondary N) is 2. The Morgan fingerprint density at radius 1 is 0.879 bits per heavy atom. The summed E-state index contributed by atoms with van der Waals surface area (Å²) in [6.45, 7) is 3.12. The maximum Gasteiger partial charge on any atom is 0.309 e. The van der Waals surface area contributed by atoms with Crippen molar-refractivity contribution in [2.24, 2.45) is 0 Å². The van der Waals surface area contributed by atoms with Crippen molar-refractivity contribution in [3.63, 3.8) is 0 Å². The number of benzene rings is 2. The van der Waals surface area contributed by atoms with Crippen LogP contribution in [0.5, 0.6) is 0 Å². The molecular weight excluding hydrogens is 423 g/mol. The van der Waals surface area contributed by atoms with E-state index in [1.54, 1.807) is 24.5 Å². The van der Waals surface area contributed by atoms with Gasteiger partial charge in [-0.05, 0) is 29.8 Å². The third-order valence-electron chi connectivity index (χ3n) is 5.78. The Labute approximate surface area is 192 Å². The van der Waals surface area contributed by atoms with Crippen LogP contribution < -0.4 is 15.5 Å². The van der Waals surface area contributed by atoms with Crippen LogP contribution in [0.3, 0.4) is 0 Å². The molecule has 2 N–H and O–H groups in total. The lowest BCUT2D eigenvalue weighted by Crippen LogP contribution is -2.51. The zero-order valence-corrected chi connectivity index (χ0v) is 18.2. The molecule has 8 heteroatoms. The minimum absolute atomic E-state index is 0.227. The summed E-state index contributed by atoms with van der Waals surface area (Å²) in [7, 11) is 0. The van der Waals surface area contributed by atoms with Gasteiger partial charge in [-0.25, -0.2) is 4.39 Å². The van der Waals surface area contributed by atoms with E-state index in [1.165, 1.54) is 6.07 Å². The van der Waals surface area contributed by atoms with Gasteiger partial charge in [0.25, 0.3) is 0 Å². The summed E-state index contributed by atoms with van der Waals surface area (Å²) >= 11 is 0. The van der Waals surface area contributed by atoms with Gasteiger partial charge in [0.15, 0.2) is 0 Å². The van der Waals surface area contributed by atoms with E-state index >= 15 is 0 Å². The molecule has 0 spiro atoms. The Balaban J connectivity index is 1.33. The van der Waals surface area contributed by atoms with Crippen LogP contribution in [0.4, 0.5) is 10.1 Å². The molecule has 0 radical (unpaired) electrons. The van der Waals surface area contributed by atoms with Crippen molar-refractivity contribution in [3.8, 4) is 0 Å². The number of hydrogen-bond donors (Lipinski definition) is 2. The van der Waals surface area contributed by atoms with E-state index in [-0.39, 0.29) is 24.9 Å². The fourth-order valence-electron chi connectivity index (χ4n) is 4.00. The number of carbonyl (C=O) groups is 2. The van der Waals surface area contributed by atoms with E-state index in [1.807, 2.05) is 47.4 Å². The van der Waals surface area contributed by atoms with Gasteiger partial charge in [-0.15, -0.1) is 0 Å². The molecule has 1 aliphatic rings. The second kappa shape index (κ2) is 10.8. The number of carbonyl (C=O) groups excluding carboxylic acids is 2. The van der Waals surface area contributed by atoms with Crippen molar-refractivity contribution in [1.82, 2.24) is 15.5 Å². The molecule has 1 aromatic heterocycles. The van der Waals surface area contributed by atoms with Crippen molar-refractivity contribution < 1.29 is 18.4 Å². The molecule has 0 saturated carbocycles. The minimum atomic E-state index is -0.688. The monoisotopic (exact) mass is 450 g/mol. The van der Waals surface area contributed by atoms with Gasteiger partial charge in [0.2, 0.25) is 0 Å². The summed E-state index contributed by atoms with van der Waals surface area (Å²) in [6, 6.07) is 19.6. The number of piperazine rings is 1. The van der Waals surface area contributed by atoms with Gasteiger partial charge in [-0.2, -0.15) is 0 Å². The van der Waals surface area contributed by atoms with E-state index in [0.29, 0.717) is 37.6 Å². The molecule has 172 valence electrons. The largest absolute Gasteiger partial charge is 0.468 e. The highest BCUT2D eigenvalue weighted by Gasteiger charge is 2.28. The Kier molecular flexibility index (Phi) is 7.36. The second-order valence-corrected chi connectivity index (χ2v) is 7.88. The van der Waals surface area contributed by atoms with Gasteiger partial charge in [0, 0.05) is 39.3 Å².